The fraction of sp³-hybridized carbons (Fsp3) is 0.222. The number of nitrogens with one attached hydrogen (secondary N) is 1. The van der Waals surface area contributed by atoms with Gasteiger partial charge in [0.1, 0.15) is 0 Å². The fourth-order valence-corrected chi connectivity index (χ4v) is 3.01. The molecule has 0 saturated carbocycles. The normalized spacial score (nSPS) is 12.1. The molecule has 0 aliphatic rings. The van der Waals surface area contributed by atoms with Crippen molar-refractivity contribution in [3.8, 4) is 5.69 Å². The number of H-pyrrole nitrogens is 1. The second-order valence-electron chi connectivity index (χ2n) is 6.39. The van der Waals surface area contributed by atoms with Gasteiger partial charge in [-0.25, -0.2) is 4.98 Å². The van der Waals surface area contributed by atoms with Crippen LogP contribution >= 0.6 is 11.3 Å². The van der Waals surface area contributed by atoms with Gasteiger partial charge in [0.2, 0.25) is 0 Å². The van der Waals surface area contributed by atoms with Gasteiger partial charge in [-0.15, -0.1) is 11.3 Å². The first-order chi connectivity index (χ1) is 10.9. The summed E-state index contributed by atoms with van der Waals surface area (Å²) in [7, 11) is 0. The van der Waals surface area contributed by atoms with E-state index in [2.05, 4.69) is 30.9 Å². The van der Waals surface area contributed by atoms with Gasteiger partial charge >= 0.3 is 0 Å². The van der Waals surface area contributed by atoms with Gasteiger partial charge in [-0.1, -0.05) is 39.0 Å². The van der Waals surface area contributed by atoms with Crippen molar-refractivity contribution in [1.29, 1.82) is 0 Å². The highest BCUT2D eigenvalue weighted by atomic mass is 32.1. The third-order valence-corrected chi connectivity index (χ3v) is 4.67. The molecule has 1 N–H and O–H groups in total. The largest absolute Gasteiger partial charge is 0.271 e. The minimum absolute atomic E-state index is 0.0465. The quantitative estimate of drug-likeness (QED) is 0.788. The molecule has 0 radical (unpaired) electrons. The number of rotatable bonds is 3. The molecule has 0 aliphatic carbocycles. The molecule has 0 saturated heterocycles. The van der Waals surface area contributed by atoms with E-state index in [0.717, 1.165) is 16.4 Å². The lowest BCUT2D eigenvalue weighted by molar-refractivity contribution is 0.585. The Balaban J connectivity index is 1.85. The minimum Gasteiger partial charge on any atom is -0.267 e. The second-order valence-corrected chi connectivity index (χ2v) is 7.25. The van der Waals surface area contributed by atoms with E-state index in [1.54, 1.807) is 28.3 Å². The van der Waals surface area contributed by atoms with Crippen LogP contribution < -0.4 is 5.56 Å². The summed E-state index contributed by atoms with van der Waals surface area (Å²) >= 11 is 1.64. The topological polar surface area (TPSA) is 50.7 Å². The van der Waals surface area contributed by atoms with Gasteiger partial charge in [-0.2, -0.15) is 0 Å². The Bertz CT molecular complexity index is 879. The first-order valence-corrected chi connectivity index (χ1v) is 8.32. The Hall–Kier alpha value is -2.40. The van der Waals surface area contributed by atoms with Crippen molar-refractivity contribution in [2.24, 2.45) is 0 Å². The summed E-state index contributed by atoms with van der Waals surface area (Å²) in [5.41, 5.74) is 2.35. The Morgan fingerprint density at radius 3 is 2.57 bits per heavy atom. The van der Waals surface area contributed by atoms with Crippen LogP contribution in [0.3, 0.4) is 0 Å². The summed E-state index contributed by atoms with van der Waals surface area (Å²) in [6, 6.07) is 9.71. The van der Waals surface area contributed by atoms with Crippen molar-refractivity contribution in [3.05, 3.63) is 68.5 Å². The predicted molar refractivity (Wildman–Crippen MR) is 96.1 cm³/mol. The molecular weight excluding hydrogens is 306 g/mol. The molecule has 0 atom stereocenters. The molecule has 4 nitrogen and oxygen atoms in total. The molecule has 0 fully saturated rings. The Morgan fingerprint density at radius 1 is 1.17 bits per heavy atom. The van der Waals surface area contributed by atoms with Gasteiger partial charge in [0.05, 0.1) is 22.0 Å². The molecule has 3 aromatic rings. The van der Waals surface area contributed by atoms with Crippen molar-refractivity contribution < 1.29 is 0 Å². The maximum Gasteiger partial charge on any atom is 0.271 e. The molecule has 118 valence electrons. The number of hydrogen-bond acceptors (Lipinski definition) is 3. The summed E-state index contributed by atoms with van der Waals surface area (Å²) in [4.78, 5) is 16.7. The minimum atomic E-state index is -0.114. The first kappa shape index (κ1) is 15.5. The number of aromatic amines is 1. The van der Waals surface area contributed by atoms with Crippen molar-refractivity contribution in [2.45, 2.75) is 26.2 Å². The molecule has 0 unspecified atom stereocenters. The third-order valence-electron chi connectivity index (χ3n) is 3.38. The highest BCUT2D eigenvalue weighted by Crippen LogP contribution is 2.26. The summed E-state index contributed by atoms with van der Waals surface area (Å²) in [6.45, 7) is 6.43. The average molecular weight is 325 g/mol. The number of hydrogen-bond donors (Lipinski definition) is 1. The Labute approximate surface area is 139 Å². The maximum atomic E-state index is 12.1. The molecule has 0 spiro atoms. The molecule has 1 aromatic carbocycles. The van der Waals surface area contributed by atoms with E-state index in [1.807, 2.05) is 41.8 Å². The summed E-state index contributed by atoms with van der Waals surface area (Å²) in [5, 5.41) is 5.92. The zero-order chi connectivity index (χ0) is 16.4. The Kier molecular flexibility index (Phi) is 4.05. The van der Waals surface area contributed by atoms with Crippen molar-refractivity contribution in [1.82, 2.24) is 14.8 Å². The predicted octanol–water partition coefficient (Wildman–Crippen LogP) is 4.09. The zero-order valence-corrected chi connectivity index (χ0v) is 14.2. The third kappa shape index (κ3) is 3.51. The maximum absolute atomic E-state index is 12.1. The van der Waals surface area contributed by atoms with E-state index in [9.17, 15) is 4.79 Å². The van der Waals surface area contributed by atoms with E-state index in [-0.39, 0.29) is 11.0 Å². The first-order valence-electron chi connectivity index (χ1n) is 7.45. The van der Waals surface area contributed by atoms with Gasteiger partial charge in [-0.05, 0) is 24.3 Å². The van der Waals surface area contributed by atoms with Crippen LogP contribution in [0.25, 0.3) is 17.8 Å². The lowest BCUT2D eigenvalue weighted by Gasteiger charge is -2.13. The van der Waals surface area contributed by atoms with Gasteiger partial charge in [0.15, 0.2) is 0 Å². The SMILES string of the molecule is CC(C)(C)c1nc(/C=C/c2cn(-c3ccccc3)[nH]c2=O)cs1. The zero-order valence-electron chi connectivity index (χ0n) is 13.4. The van der Waals surface area contributed by atoms with Crippen LogP contribution in [0.1, 0.15) is 37.0 Å². The van der Waals surface area contributed by atoms with Crippen molar-refractivity contribution >= 4 is 23.5 Å². The van der Waals surface area contributed by atoms with Gasteiger partial charge < -0.3 is 0 Å². The number of para-hydroxylation sites is 1. The molecule has 2 aromatic heterocycles. The standard InChI is InChI=1S/C18H19N3OS/c1-18(2,3)17-19-14(12-23-17)10-9-13-11-21(20-16(13)22)15-7-5-4-6-8-15/h4-12H,1-3H3,(H,20,22)/b10-9+. The molecule has 0 bridgehead atoms. The summed E-state index contributed by atoms with van der Waals surface area (Å²) in [5.74, 6) is 0. The summed E-state index contributed by atoms with van der Waals surface area (Å²) < 4.78 is 1.73. The lowest BCUT2D eigenvalue weighted by atomic mass is 9.98. The molecule has 2 heterocycles. The van der Waals surface area contributed by atoms with E-state index in [4.69, 9.17) is 0 Å². The lowest BCUT2D eigenvalue weighted by Crippen LogP contribution is -2.10. The number of nitrogens with zero attached hydrogens (tertiary/aromatic N) is 2. The second kappa shape index (κ2) is 6.01. The van der Waals surface area contributed by atoms with Crippen LogP contribution in [0.2, 0.25) is 0 Å². The average Bonchev–Trinajstić information content (AvgIpc) is 3.12. The smallest absolute Gasteiger partial charge is 0.267 e. The molecule has 23 heavy (non-hydrogen) atoms. The molecule has 3 rings (SSSR count). The molecule has 0 amide bonds. The van der Waals surface area contributed by atoms with Gasteiger partial charge in [0.25, 0.3) is 5.56 Å². The Morgan fingerprint density at radius 2 is 1.91 bits per heavy atom. The van der Waals surface area contributed by atoms with Crippen molar-refractivity contribution in [3.63, 3.8) is 0 Å². The fourth-order valence-electron chi connectivity index (χ4n) is 2.13. The molecular formula is C18H19N3OS. The molecule has 0 aliphatic heterocycles. The monoisotopic (exact) mass is 325 g/mol. The van der Waals surface area contributed by atoms with Gasteiger partial charge in [0, 0.05) is 17.0 Å². The number of aromatic nitrogens is 3. The van der Waals surface area contributed by atoms with E-state index >= 15 is 0 Å². The van der Waals surface area contributed by atoms with E-state index in [0.29, 0.717) is 5.56 Å². The highest BCUT2D eigenvalue weighted by molar-refractivity contribution is 7.09. The van der Waals surface area contributed by atoms with E-state index in [1.165, 1.54) is 0 Å². The van der Waals surface area contributed by atoms with Crippen molar-refractivity contribution in [2.75, 3.05) is 0 Å². The van der Waals surface area contributed by atoms with Crippen LogP contribution in [0, 0.1) is 0 Å². The van der Waals surface area contributed by atoms with Crippen LogP contribution in [0.5, 0.6) is 0 Å². The molecule has 5 heteroatoms. The van der Waals surface area contributed by atoms with Crippen LogP contribution in [-0.2, 0) is 5.41 Å². The van der Waals surface area contributed by atoms with Crippen LogP contribution in [0.4, 0.5) is 0 Å². The number of benzene rings is 1. The number of thiazole rings is 1. The van der Waals surface area contributed by atoms with Crippen LogP contribution in [0.15, 0.2) is 46.7 Å². The summed E-state index contributed by atoms with van der Waals surface area (Å²) in [6.07, 6.45) is 5.48. The van der Waals surface area contributed by atoms with E-state index < -0.39 is 0 Å². The highest BCUT2D eigenvalue weighted by Gasteiger charge is 2.17. The van der Waals surface area contributed by atoms with Crippen LogP contribution in [-0.4, -0.2) is 14.8 Å². The van der Waals surface area contributed by atoms with Gasteiger partial charge in [-0.3, -0.25) is 14.6 Å².